The predicted molar refractivity (Wildman–Crippen MR) is 72.1 cm³/mol. The second-order valence-electron chi connectivity index (χ2n) is 6.48. The topological polar surface area (TPSA) is 39.1 Å². The van der Waals surface area contributed by atoms with Crippen molar-refractivity contribution < 1.29 is 0 Å². The first-order valence-corrected chi connectivity index (χ1v) is 7.64. The van der Waals surface area contributed by atoms with Crippen molar-refractivity contribution in [3.63, 3.8) is 0 Å². The Bertz CT molecular complexity index is 348. The Morgan fingerprint density at radius 2 is 2.06 bits per heavy atom. The second-order valence-corrected chi connectivity index (χ2v) is 6.48. The van der Waals surface area contributed by atoms with Crippen molar-refractivity contribution in [1.82, 2.24) is 10.2 Å². The smallest absolute Gasteiger partial charge is 0.108 e. The van der Waals surface area contributed by atoms with E-state index in [0.717, 1.165) is 24.8 Å². The van der Waals surface area contributed by atoms with Crippen LogP contribution in [0.4, 0.5) is 0 Å². The molecule has 2 saturated carbocycles. The largest absolute Gasteiger partial charge is 0.302 e. The van der Waals surface area contributed by atoms with Crippen LogP contribution in [-0.4, -0.2) is 36.1 Å². The lowest BCUT2D eigenvalue weighted by atomic mass is 9.85. The van der Waals surface area contributed by atoms with E-state index in [0.29, 0.717) is 6.04 Å². The minimum Gasteiger partial charge on any atom is -0.302 e. The highest BCUT2D eigenvalue weighted by atomic mass is 15.2. The normalized spacial score (nSPS) is 44.8. The van der Waals surface area contributed by atoms with Gasteiger partial charge in [-0.15, -0.1) is 0 Å². The Morgan fingerprint density at radius 1 is 1.22 bits per heavy atom. The van der Waals surface area contributed by atoms with Gasteiger partial charge in [0.2, 0.25) is 0 Å². The van der Waals surface area contributed by atoms with Crippen molar-refractivity contribution >= 4 is 0 Å². The maximum atomic E-state index is 9.38. The van der Waals surface area contributed by atoms with Crippen LogP contribution in [0.25, 0.3) is 0 Å². The van der Waals surface area contributed by atoms with Crippen LogP contribution in [0, 0.1) is 17.2 Å². The van der Waals surface area contributed by atoms with Crippen LogP contribution >= 0.6 is 0 Å². The van der Waals surface area contributed by atoms with Crippen LogP contribution in [0.2, 0.25) is 0 Å². The average Bonchev–Trinajstić information content (AvgIpc) is 3.03. The molecule has 1 N–H and O–H groups in total. The van der Waals surface area contributed by atoms with Crippen LogP contribution in [0.1, 0.15) is 51.4 Å². The number of fused-ring (bicyclic) bond motifs is 1. The van der Waals surface area contributed by atoms with Crippen molar-refractivity contribution in [2.45, 2.75) is 69.0 Å². The predicted octanol–water partition coefficient (Wildman–Crippen LogP) is 2.29. The molecule has 3 rings (SSSR count). The van der Waals surface area contributed by atoms with E-state index in [4.69, 9.17) is 0 Å². The number of likely N-dealkylation sites (tertiary alicyclic amines) is 1. The van der Waals surface area contributed by atoms with Crippen molar-refractivity contribution in [3.8, 4) is 6.07 Å². The molecule has 0 spiro atoms. The van der Waals surface area contributed by atoms with E-state index in [2.05, 4.69) is 16.3 Å². The molecule has 100 valence electrons. The molecule has 1 saturated heterocycles. The Morgan fingerprint density at radius 3 is 2.78 bits per heavy atom. The fourth-order valence-electron chi connectivity index (χ4n) is 4.58. The molecular weight excluding hydrogens is 222 g/mol. The summed E-state index contributed by atoms with van der Waals surface area (Å²) in [5, 5.41) is 12.6. The molecule has 1 heterocycles. The van der Waals surface area contributed by atoms with Gasteiger partial charge in [-0.1, -0.05) is 12.8 Å². The molecule has 1 aliphatic heterocycles. The van der Waals surface area contributed by atoms with Gasteiger partial charge in [0, 0.05) is 12.1 Å². The molecule has 0 aromatic carbocycles. The van der Waals surface area contributed by atoms with Gasteiger partial charge >= 0.3 is 0 Å². The van der Waals surface area contributed by atoms with Gasteiger partial charge < -0.3 is 5.32 Å². The minimum absolute atomic E-state index is 0.239. The molecule has 2 aliphatic carbocycles. The zero-order valence-corrected chi connectivity index (χ0v) is 11.5. The summed E-state index contributed by atoms with van der Waals surface area (Å²) in [7, 11) is 1.94. The fraction of sp³-hybridized carbons (Fsp3) is 0.933. The van der Waals surface area contributed by atoms with Crippen LogP contribution in [0.15, 0.2) is 0 Å². The van der Waals surface area contributed by atoms with E-state index in [1.165, 1.54) is 45.1 Å². The highest BCUT2D eigenvalue weighted by Crippen LogP contribution is 2.42. The number of hydrogen-bond donors (Lipinski definition) is 1. The molecule has 3 fully saturated rings. The molecule has 0 aromatic rings. The molecule has 18 heavy (non-hydrogen) atoms. The minimum atomic E-state index is -0.239. The SMILES string of the molecule is CNC1(C#N)CCC(N2CCC3CCCCC32)C1. The van der Waals surface area contributed by atoms with Gasteiger partial charge in [-0.2, -0.15) is 5.26 Å². The zero-order chi connectivity index (χ0) is 12.6. The van der Waals surface area contributed by atoms with E-state index in [1.807, 2.05) is 7.05 Å². The monoisotopic (exact) mass is 247 g/mol. The summed E-state index contributed by atoms with van der Waals surface area (Å²) in [5.74, 6) is 0.963. The van der Waals surface area contributed by atoms with Crippen molar-refractivity contribution in [2.24, 2.45) is 5.92 Å². The number of hydrogen-bond acceptors (Lipinski definition) is 3. The molecule has 3 nitrogen and oxygen atoms in total. The zero-order valence-electron chi connectivity index (χ0n) is 11.5. The maximum absolute atomic E-state index is 9.38. The molecule has 0 radical (unpaired) electrons. The molecule has 0 amide bonds. The van der Waals surface area contributed by atoms with E-state index in [9.17, 15) is 5.26 Å². The van der Waals surface area contributed by atoms with Crippen molar-refractivity contribution in [3.05, 3.63) is 0 Å². The summed E-state index contributed by atoms with van der Waals surface area (Å²) in [6.07, 6.45) is 10.4. The average molecular weight is 247 g/mol. The summed E-state index contributed by atoms with van der Waals surface area (Å²) >= 11 is 0. The molecule has 4 atom stereocenters. The second kappa shape index (κ2) is 4.83. The quantitative estimate of drug-likeness (QED) is 0.813. The summed E-state index contributed by atoms with van der Waals surface area (Å²) in [4.78, 5) is 2.76. The molecule has 0 bridgehead atoms. The Balaban J connectivity index is 1.68. The Labute approximate surface area is 111 Å². The molecule has 4 unspecified atom stereocenters. The van der Waals surface area contributed by atoms with Crippen molar-refractivity contribution in [1.29, 1.82) is 5.26 Å². The number of nitrogens with zero attached hydrogens (tertiary/aromatic N) is 2. The Hall–Kier alpha value is -0.590. The van der Waals surface area contributed by atoms with Gasteiger partial charge in [-0.05, 0) is 58.0 Å². The van der Waals surface area contributed by atoms with E-state index < -0.39 is 0 Å². The lowest BCUT2D eigenvalue weighted by Gasteiger charge is -2.36. The third-order valence-electron chi connectivity index (χ3n) is 5.70. The summed E-state index contributed by atoms with van der Waals surface area (Å²) < 4.78 is 0. The molecule has 3 aliphatic rings. The van der Waals surface area contributed by atoms with E-state index in [-0.39, 0.29) is 5.54 Å². The molecule has 3 heteroatoms. The first kappa shape index (κ1) is 12.4. The lowest BCUT2D eigenvalue weighted by Crippen LogP contribution is -2.44. The van der Waals surface area contributed by atoms with Gasteiger partial charge in [0.25, 0.3) is 0 Å². The van der Waals surface area contributed by atoms with E-state index in [1.54, 1.807) is 0 Å². The third-order valence-corrected chi connectivity index (χ3v) is 5.70. The molecule has 0 aromatic heterocycles. The molecular formula is C15H25N3. The first-order chi connectivity index (χ1) is 8.78. The number of rotatable bonds is 2. The van der Waals surface area contributed by atoms with Gasteiger partial charge in [0.1, 0.15) is 5.54 Å². The Kier molecular flexibility index (Phi) is 3.34. The standard InChI is InChI=1S/C15H25N3/c1-17-15(11-16)8-6-13(10-15)18-9-7-12-4-2-3-5-14(12)18/h12-14,17H,2-10H2,1H3. The van der Waals surface area contributed by atoms with Crippen LogP contribution in [-0.2, 0) is 0 Å². The van der Waals surface area contributed by atoms with Crippen LogP contribution < -0.4 is 5.32 Å². The highest BCUT2D eigenvalue weighted by molar-refractivity contribution is 5.13. The summed E-state index contributed by atoms with van der Waals surface area (Å²) in [6, 6.07) is 4.02. The summed E-state index contributed by atoms with van der Waals surface area (Å²) in [6.45, 7) is 1.28. The number of nitrogens with one attached hydrogen (secondary N) is 1. The van der Waals surface area contributed by atoms with Crippen LogP contribution in [0.3, 0.4) is 0 Å². The fourth-order valence-corrected chi connectivity index (χ4v) is 4.58. The van der Waals surface area contributed by atoms with Gasteiger partial charge in [0.05, 0.1) is 6.07 Å². The third kappa shape index (κ3) is 1.96. The highest BCUT2D eigenvalue weighted by Gasteiger charge is 2.45. The van der Waals surface area contributed by atoms with Crippen LogP contribution in [0.5, 0.6) is 0 Å². The van der Waals surface area contributed by atoms with E-state index >= 15 is 0 Å². The van der Waals surface area contributed by atoms with Gasteiger partial charge in [-0.25, -0.2) is 0 Å². The van der Waals surface area contributed by atoms with Crippen molar-refractivity contribution in [2.75, 3.05) is 13.6 Å². The van der Waals surface area contributed by atoms with Gasteiger partial charge in [0.15, 0.2) is 0 Å². The first-order valence-electron chi connectivity index (χ1n) is 7.64. The maximum Gasteiger partial charge on any atom is 0.108 e. The van der Waals surface area contributed by atoms with Gasteiger partial charge in [-0.3, -0.25) is 4.90 Å². The summed E-state index contributed by atoms with van der Waals surface area (Å²) in [5.41, 5.74) is -0.239. The lowest BCUT2D eigenvalue weighted by molar-refractivity contribution is 0.131. The number of nitriles is 1.